The molecule has 0 aliphatic rings. The van der Waals surface area contributed by atoms with Gasteiger partial charge in [-0.05, 0) is 18.2 Å². The van der Waals surface area contributed by atoms with E-state index in [4.69, 9.17) is 0 Å². The highest BCUT2D eigenvalue weighted by molar-refractivity contribution is 5.36. The SMILES string of the molecule is FC(F)c1ccnn1-c1nncn1-c1ccccc1. The van der Waals surface area contributed by atoms with Crippen LogP contribution in [0.5, 0.6) is 0 Å². The van der Waals surface area contributed by atoms with Crippen LogP contribution in [0.1, 0.15) is 12.1 Å². The van der Waals surface area contributed by atoms with Crippen molar-refractivity contribution in [3.8, 4) is 11.6 Å². The van der Waals surface area contributed by atoms with Crippen molar-refractivity contribution >= 4 is 0 Å². The molecule has 0 fully saturated rings. The lowest BCUT2D eigenvalue weighted by Gasteiger charge is -2.08. The molecular formula is C12H9F2N5. The molecule has 0 aliphatic heterocycles. The minimum atomic E-state index is -2.62. The molecule has 2 aromatic heterocycles. The summed E-state index contributed by atoms with van der Waals surface area (Å²) in [5, 5.41) is 11.5. The maximum atomic E-state index is 12.9. The first kappa shape index (κ1) is 11.5. The first-order chi connectivity index (χ1) is 9.27. The minimum absolute atomic E-state index is 0.217. The van der Waals surface area contributed by atoms with Crippen molar-refractivity contribution < 1.29 is 8.78 Å². The fraction of sp³-hybridized carbons (Fsp3) is 0.0833. The van der Waals surface area contributed by atoms with Crippen molar-refractivity contribution in [2.24, 2.45) is 0 Å². The zero-order chi connectivity index (χ0) is 13.2. The second kappa shape index (κ2) is 4.60. The lowest BCUT2D eigenvalue weighted by atomic mass is 10.3. The summed E-state index contributed by atoms with van der Waals surface area (Å²) in [5.74, 6) is 0.228. The van der Waals surface area contributed by atoms with Gasteiger partial charge in [0.05, 0.1) is 5.69 Å². The number of rotatable bonds is 3. The van der Waals surface area contributed by atoms with Crippen LogP contribution in [0.25, 0.3) is 11.6 Å². The van der Waals surface area contributed by atoms with Crippen LogP contribution < -0.4 is 0 Å². The van der Waals surface area contributed by atoms with Gasteiger partial charge in [0, 0.05) is 6.20 Å². The average Bonchev–Trinajstić information content (AvgIpc) is 3.08. The summed E-state index contributed by atoms with van der Waals surface area (Å²) in [6.45, 7) is 0. The van der Waals surface area contributed by atoms with Gasteiger partial charge < -0.3 is 0 Å². The molecule has 0 radical (unpaired) electrons. The predicted octanol–water partition coefficient (Wildman–Crippen LogP) is 2.39. The number of nitrogens with zero attached hydrogens (tertiary/aromatic N) is 5. The molecular weight excluding hydrogens is 252 g/mol. The summed E-state index contributed by atoms with van der Waals surface area (Å²) >= 11 is 0. The molecule has 0 spiro atoms. The highest BCUT2D eigenvalue weighted by atomic mass is 19.3. The quantitative estimate of drug-likeness (QED) is 0.727. The molecule has 2 heterocycles. The maximum absolute atomic E-state index is 12.9. The van der Waals surface area contributed by atoms with Gasteiger partial charge in [-0.3, -0.25) is 4.57 Å². The zero-order valence-corrected chi connectivity index (χ0v) is 9.69. The van der Waals surface area contributed by atoms with Gasteiger partial charge in [0.2, 0.25) is 0 Å². The molecule has 0 bridgehead atoms. The summed E-state index contributed by atoms with van der Waals surface area (Å²) < 4.78 is 28.4. The fourth-order valence-electron chi connectivity index (χ4n) is 1.79. The van der Waals surface area contributed by atoms with Crippen molar-refractivity contribution in [2.75, 3.05) is 0 Å². The van der Waals surface area contributed by atoms with E-state index in [1.54, 1.807) is 4.57 Å². The van der Waals surface area contributed by atoms with Gasteiger partial charge in [-0.15, -0.1) is 10.2 Å². The average molecular weight is 261 g/mol. The van der Waals surface area contributed by atoms with E-state index in [1.165, 1.54) is 18.6 Å². The van der Waals surface area contributed by atoms with Gasteiger partial charge in [0.25, 0.3) is 12.4 Å². The van der Waals surface area contributed by atoms with Crippen molar-refractivity contribution in [3.05, 3.63) is 54.6 Å². The van der Waals surface area contributed by atoms with Crippen LogP contribution in [-0.2, 0) is 0 Å². The van der Waals surface area contributed by atoms with Crippen molar-refractivity contribution in [2.45, 2.75) is 6.43 Å². The lowest BCUT2D eigenvalue weighted by molar-refractivity contribution is 0.142. The first-order valence-corrected chi connectivity index (χ1v) is 5.55. The van der Waals surface area contributed by atoms with Gasteiger partial charge in [0.1, 0.15) is 12.0 Å². The monoisotopic (exact) mass is 261 g/mol. The Morgan fingerprint density at radius 1 is 1.05 bits per heavy atom. The van der Waals surface area contributed by atoms with Crippen LogP contribution >= 0.6 is 0 Å². The Morgan fingerprint density at radius 3 is 2.58 bits per heavy atom. The van der Waals surface area contributed by atoms with Crippen LogP contribution in [0.3, 0.4) is 0 Å². The van der Waals surface area contributed by atoms with Crippen molar-refractivity contribution in [3.63, 3.8) is 0 Å². The van der Waals surface area contributed by atoms with E-state index in [9.17, 15) is 8.78 Å². The summed E-state index contributed by atoms with van der Waals surface area (Å²) in [4.78, 5) is 0. The maximum Gasteiger partial charge on any atom is 0.280 e. The second-order valence-corrected chi connectivity index (χ2v) is 3.81. The molecule has 3 rings (SSSR count). The van der Waals surface area contributed by atoms with Gasteiger partial charge >= 0.3 is 0 Å². The Kier molecular flexibility index (Phi) is 2.79. The Bertz CT molecular complexity index is 674. The summed E-state index contributed by atoms with van der Waals surface area (Å²) in [6.07, 6.45) is 0.149. The number of hydrogen-bond donors (Lipinski definition) is 0. The third-order valence-corrected chi connectivity index (χ3v) is 2.65. The van der Waals surface area contributed by atoms with Crippen molar-refractivity contribution in [1.82, 2.24) is 24.5 Å². The minimum Gasteiger partial charge on any atom is -0.266 e. The number of para-hydroxylation sites is 1. The van der Waals surface area contributed by atoms with Crippen LogP contribution in [-0.4, -0.2) is 24.5 Å². The summed E-state index contributed by atoms with van der Waals surface area (Å²) in [6, 6.07) is 10.5. The molecule has 0 saturated carbocycles. The largest absolute Gasteiger partial charge is 0.280 e. The van der Waals surface area contributed by atoms with E-state index in [0.29, 0.717) is 0 Å². The third-order valence-electron chi connectivity index (χ3n) is 2.65. The van der Waals surface area contributed by atoms with E-state index in [0.717, 1.165) is 10.4 Å². The molecule has 7 heteroatoms. The van der Waals surface area contributed by atoms with Gasteiger partial charge in [-0.25, -0.2) is 8.78 Å². The van der Waals surface area contributed by atoms with Crippen LogP contribution in [0, 0.1) is 0 Å². The predicted molar refractivity (Wildman–Crippen MR) is 63.4 cm³/mol. The number of halogens is 2. The van der Waals surface area contributed by atoms with Gasteiger partial charge in [0.15, 0.2) is 0 Å². The van der Waals surface area contributed by atoms with E-state index < -0.39 is 6.43 Å². The Labute approximate surface area is 107 Å². The first-order valence-electron chi connectivity index (χ1n) is 5.55. The molecule has 96 valence electrons. The number of alkyl halides is 2. The third kappa shape index (κ3) is 1.99. The van der Waals surface area contributed by atoms with E-state index in [2.05, 4.69) is 15.3 Å². The molecule has 1 aromatic carbocycles. The second-order valence-electron chi connectivity index (χ2n) is 3.81. The van der Waals surface area contributed by atoms with E-state index >= 15 is 0 Å². The normalized spacial score (nSPS) is 11.1. The summed E-state index contributed by atoms with van der Waals surface area (Å²) in [7, 11) is 0. The fourth-order valence-corrected chi connectivity index (χ4v) is 1.79. The Hall–Kier alpha value is -2.57. The zero-order valence-electron chi connectivity index (χ0n) is 9.69. The smallest absolute Gasteiger partial charge is 0.266 e. The highest BCUT2D eigenvalue weighted by Crippen LogP contribution is 2.21. The molecule has 19 heavy (non-hydrogen) atoms. The topological polar surface area (TPSA) is 48.5 Å². The lowest BCUT2D eigenvalue weighted by Crippen LogP contribution is -2.09. The molecule has 0 unspecified atom stereocenters. The highest BCUT2D eigenvalue weighted by Gasteiger charge is 2.18. The van der Waals surface area contributed by atoms with Gasteiger partial charge in [-0.2, -0.15) is 9.78 Å². The standard InChI is InChI=1S/C12H9F2N5/c13-11(14)10-6-7-16-19(10)12-17-15-8-18(12)9-4-2-1-3-5-9/h1-8,11H. The molecule has 0 amide bonds. The number of hydrogen-bond acceptors (Lipinski definition) is 3. The number of benzene rings is 1. The van der Waals surface area contributed by atoms with Crippen LogP contribution in [0.15, 0.2) is 48.9 Å². The Morgan fingerprint density at radius 2 is 1.84 bits per heavy atom. The molecule has 0 atom stereocenters. The van der Waals surface area contributed by atoms with E-state index in [-0.39, 0.29) is 11.6 Å². The van der Waals surface area contributed by atoms with E-state index in [1.807, 2.05) is 30.3 Å². The van der Waals surface area contributed by atoms with Crippen molar-refractivity contribution in [1.29, 1.82) is 0 Å². The Balaban J connectivity index is 2.13. The van der Waals surface area contributed by atoms with Crippen LogP contribution in [0.4, 0.5) is 8.78 Å². The number of aromatic nitrogens is 5. The van der Waals surface area contributed by atoms with Gasteiger partial charge in [-0.1, -0.05) is 18.2 Å². The molecule has 0 aliphatic carbocycles. The molecule has 5 nitrogen and oxygen atoms in total. The molecule has 3 aromatic rings. The summed E-state index contributed by atoms with van der Waals surface area (Å²) in [5.41, 5.74) is 0.559. The van der Waals surface area contributed by atoms with Crippen LogP contribution in [0.2, 0.25) is 0 Å². The molecule has 0 saturated heterocycles. The molecule has 0 N–H and O–H groups in total.